The van der Waals surface area contributed by atoms with Gasteiger partial charge < -0.3 is 9.64 Å². The zero-order valence-corrected chi connectivity index (χ0v) is 20.9. The van der Waals surface area contributed by atoms with E-state index in [0.717, 1.165) is 27.9 Å². The van der Waals surface area contributed by atoms with Gasteiger partial charge in [-0.05, 0) is 42.8 Å². The zero-order chi connectivity index (χ0) is 25.5. The molecule has 0 unspecified atom stereocenters. The van der Waals surface area contributed by atoms with E-state index >= 15 is 0 Å². The molecule has 1 aliphatic rings. The average molecular weight is 507 g/mol. The maximum Gasteiger partial charge on any atom is 0.291 e. The minimum atomic E-state index is -0.347. The van der Waals surface area contributed by atoms with Gasteiger partial charge in [0, 0.05) is 11.1 Å². The number of rotatable bonds is 6. The van der Waals surface area contributed by atoms with Gasteiger partial charge in [-0.2, -0.15) is 9.50 Å². The van der Waals surface area contributed by atoms with Crippen LogP contribution in [0.1, 0.15) is 16.7 Å². The highest BCUT2D eigenvalue weighted by Gasteiger charge is 2.34. The number of para-hydroxylation sites is 1. The second-order valence-corrected chi connectivity index (χ2v) is 9.74. The minimum Gasteiger partial charge on any atom is -0.490 e. The van der Waals surface area contributed by atoms with Crippen molar-refractivity contribution < 1.29 is 9.53 Å². The van der Waals surface area contributed by atoms with Crippen molar-refractivity contribution in [2.24, 2.45) is 0 Å². The maximum atomic E-state index is 13.7. The molecular formula is C29H22N4O3S. The van der Waals surface area contributed by atoms with Crippen LogP contribution < -0.4 is 19.7 Å². The summed E-state index contributed by atoms with van der Waals surface area (Å²) >= 11 is 1.19. The molecular weight excluding hydrogens is 484 g/mol. The molecule has 0 spiro atoms. The monoisotopic (exact) mass is 506 g/mol. The minimum absolute atomic E-state index is 0.196. The summed E-state index contributed by atoms with van der Waals surface area (Å²) in [5, 5.41) is 4.45. The topological polar surface area (TPSA) is 76.8 Å². The summed E-state index contributed by atoms with van der Waals surface area (Å²) in [7, 11) is 0. The van der Waals surface area contributed by atoms with Crippen LogP contribution in [0.5, 0.6) is 5.75 Å². The van der Waals surface area contributed by atoms with E-state index in [2.05, 4.69) is 16.7 Å². The number of hydrogen-bond donors (Lipinski definition) is 0. The molecule has 3 aromatic carbocycles. The first-order chi connectivity index (χ1) is 18.0. The van der Waals surface area contributed by atoms with E-state index in [9.17, 15) is 9.59 Å². The number of hydrogen-bond acceptors (Lipinski definition) is 6. The Balaban J connectivity index is 1.40. The first-order valence-electron chi connectivity index (χ1n) is 11.8. The van der Waals surface area contributed by atoms with Crippen LogP contribution in [0, 0.1) is 6.92 Å². The predicted octanol–water partition coefficient (Wildman–Crippen LogP) is 4.16. The fraction of sp³-hybridized carbons (Fsp3) is 0.103. The summed E-state index contributed by atoms with van der Waals surface area (Å²) < 4.78 is 7.15. The largest absolute Gasteiger partial charge is 0.490 e. The number of nitrogens with zero attached hydrogens (tertiary/aromatic N) is 4. The lowest BCUT2D eigenvalue weighted by Crippen LogP contribution is -2.32. The van der Waals surface area contributed by atoms with Gasteiger partial charge in [-0.3, -0.25) is 9.59 Å². The molecule has 1 amide bonds. The van der Waals surface area contributed by atoms with Crippen molar-refractivity contribution in [2.75, 3.05) is 11.5 Å². The quantitative estimate of drug-likeness (QED) is 0.323. The lowest BCUT2D eigenvalue weighted by atomic mass is 10.1. The molecule has 0 saturated heterocycles. The summed E-state index contributed by atoms with van der Waals surface area (Å²) in [4.78, 5) is 33.9. The summed E-state index contributed by atoms with van der Waals surface area (Å²) in [5.41, 5.74) is 4.53. The summed E-state index contributed by atoms with van der Waals surface area (Å²) in [6, 6.07) is 23.0. The Kier molecular flexibility index (Phi) is 5.65. The van der Waals surface area contributed by atoms with Crippen LogP contribution in [-0.2, 0) is 11.3 Å². The van der Waals surface area contributed by atoms with Gasteiger partial charge >= 0.3 is 0 Å². The first-order valence-corrected chi connectivity index (χ1v) is 12.6. The highest BCUT2D eigenvalue weighted by atomic mass is 32.1. The Morgan fingerprint density at radius 2 is 1.76 bits per heavy atom. The van der Waals surface area contributed by atoms with Crippen molar-refractivity contribution in [3.05, 3.63) is 117 Å². The van der Waals surface area contributed by atoms with Gasteiger partial charge in [-0.25, -0.2) is 0 Å². The normalized spacial score (nSPS) is 14.3. The third kappa shape index (κ3) is 4.01. The second kappa shape index (κ2) is 9.15. The number of ether oxygens (including phenoxy) is 1. The lowest BCUT2D eigenvalue weighted by molar-refractivity contribution is -0.113. The number of carbonyl (C=O) groups excluding carboxylic acids is 1. The summed E-state index contributed by atoms with van der Waals surface area (Å²) in [5.74, 6) is 0.953. The highest BCUT2D eigenvalue weighted by molar-refractivity contribution is 7.15. The molecule has 6 rings (SSSR count). The number of carbonyl (C=O) groups is 1. The van der Waals surface area contributed by atoms with Crippen LogP contribution in [0.2, 0.25) is 0 Å². The van der Waals surface area contributed by atoms with Gasteiger partial charge in [0.15, 0.2) is 5.82 Å². The third-order valence-electron chi connectivity index (χ3n) is 6.25. The van der Waals surface area contributed by atoms with E-state index in [1.54, 1.807) is 11.0 Å². The van der Waals surface area contributed by atoms with Crippen molar-refractivity contribution in [3.63, 3.8) is 0 Å². The van der Waals surface area contributed by atoms with Crippen LogP contribution in [0.25, 0.3) is 21.9 Å². The number of amides is 1. The van der Waals surface area contributed by atoms with E-state index in [1.165, 1.54) is 15.9 Å². The van der Waals surface area contributed by atoms with Crippen molar-refractivity contribution in [3.8, 4) is 17.1 Å². The molecule has 0 aliphatic carbocycles. The fourth-order valence-corrected chi connectivity index (χ4v) is 5.39. The molecule has 0 N–H and O–H groups in total. The van der Waals surface area contributed by atoms with E-state index in [0.29, 0.717) is 39.8 Å². The van der Waals surface area contributed by atoms with Gasteiger partial charge in [0.1, 0.15) is 16.9 Å². The first kappa shape index (κ1) is 22.9. The summed E-state index contributed by atoms with van der Waals surface area (Å²) in [6.07, 6.45) is 1.68. The molecule has 37 heavy (non-hydrogen) atoms. The Bertz CT molecular complexity index is 1770. The van der Waals surface area contributed by atoms with E-state index in [4.69, 9.17) is 4.74 Å². The molecule has 1 aliphatic heterocycles. The maximum absolute atomic E-state index is 13.7. The average Bonchev–Trinajstić information content (AvgIpc) is 3.55. The second-order valence-electron chi connectivity index (χ2n) is 8.76. The number of thiazole rings is 1. The van der Waals surface area contributed by atoms with Gasteiger partial charge in [-0.15, -0.1) is 5.10 Å². The predicted molar refractivity (Wildman–Crippen MR) is 145 cm³/mol. The zero-order valence-electron chi connectivity index (χ0n) is 20.0. The van der Waals surface area contributed by atoms with Crippen molar-refractivity contribution >= 4 is 33.5 Å². The van der Waals surface area contributed by atoms with Crippen molar-refractivity contribution in [2.45, 2.75) is 13.5 Å². The Morgan fingerprint density at radius 1 is 1.00 bits per heavy atom. The number of benzene rings is 3. The number of aryl methyl sites for hydroxylation is 1. The molecule has 182 valence electrons. The molecule has 0 radical (unpaired) electrons. The van der Waals surface area contributed by atoms with Gasteiger partial charge in [-0.1, -0.05) is 72.0 Å². The standard InChI is InChI=1S/C29H22N4O3S/c1-3-16-36-21-14-12-20(13-15-21)26-30-29-33(31-26)28(35)25(37-29)24-22-6-4-5-7-23(22)32(27(24)34)17-19-10-8-18(2)9-11-19/h3-15H,1,16-17H2,2H3. The molecule has 0 atom stereocenters. The van der Waals surface area contributed by atoms with E-state index in [-0.39, 0.29) is 11.5 Å². The lowest BCUT2D eigenvalue weighted by Gasteiger charge is -2.17. The summed E-state index contributed by atoms with van der Waals surface area (Å²) in [6.45, 7) is 6.52. The molecule has 5 aromatic rings. The van der Waals surface area contributed by atoms with Crippen LogP contribution in [0.3, 0.4) is 0 Å². The Hall–Kier alpha value is -4.56. The van der Waals surface area contributed by atoms with Crippen LogP contribution in [-0.4, -0.2) is 27.1 Å². The van der Waals surface area contributed by atoms with E-state index < -0.39 is 0 Å². The van der Waals surface area contributed by atoms with Crippen molar-refractivity contribution in [1.82, 2.24) is 14.6 Å². The molecule has 8 heteroatoms. The highest BCUT2D eigenvalue weighted by Crippen LogP contribution is 2.36. The number of fused-ring (bicyclic) bond motifs is 2. The van der Waals surface area contributed by atoms with Crippen LogP contribution >= 0.6 is 11.3 Å². The third-order valence-corrected chi connectivity index (χ3v) is 7.28. The molecule has 0 bridgehead atoms. The Labute approximate surface area is 216 Å². The van der Waals surface area contributed by atoms with Gasteiger partial charge in [0.25, 0.3) is 11.5 Å². The Morgan fingerprint density at radius 3 is 2.49 bits per heavy atom. The van der Waals surface area contributed by atoms with E-state index in [1.807, 2.05) is 79.7 Å². The fourth-order valence-electron chi connectivity index (χ4n) is 4.40. The smallest absolute Gasteiger partial charge is 0.291 e. The van der Waals surface area contributed by atoms with Crippen LogP contribution in [0.15, 0.2) is 90.2 Å². The van der Waals surface area contributed by atoms with Gasteiger partial charge in [0.05, 0.1) is 17.8 Å². The SMILES string of the molecule is C=CCOc1ccc(-c2nc3sc(=C4C(=O)N(Cc5ccc(C)cc5)c5ccccc54)c(=O)n3n2)cc1. The molecule has 7 nitrogen and oxygen atoms in total. The molecule has 2 aromatic heterocycles. The van der Waals surface area contributed by atoms with Crippen molar-refractivity contribution in [1.29, 1.82) is 0 Å². The molecule has 3 heterocycles. The number of anilines is 1. The van der Waals surface area contributed by atoms with Crippen LogP contribution in [0.4, 0.5) is 5.69 Å². The molecule has 0 fully saturated rings. The molecule has 0 saturated carbocycles. The van der Waals surface area contributed by atoms with Gasteiger partial charge in [0.2, 0.25) is 4.96 Å². The number of aromatic nitrogens is 3.